The molecule has 0 heterocycles. The van der Waals surface area contributed by atoms with Crippen LogP contribution in [0.1, 0.15) is 18.1 Å². The SMILES string of the molecule is COc1ccc(CC(C)(N)c2cccc(Cl)c2Cl)cc1. The average molecular weight is 310 g/mol. The van der Waals surface area contributed by atoms with Crippen LogP contribution in [-0.4, -0.2) is 7.11 Å². The van der Waals surface area contributed by atoms with Crippen molar-refractivity contribution in [2.24, 2.45) is 5.73 Å². The van der Waals surface area contributed by atoms with E-state index >= 15 is 0 Å². The molecular formula is C16H17Cl2NO. The van der Waals surface area contributed by atoms with Crippen molar-refractivity contribution >= 4 is 23.2 Å². The second-order valence-corrected chi connectivity index (χ2v) is 5.83. The van der Waals surface area contributed by atoms with Crippen LogP contribution in [0.4, 0.5) is 0 Å². The van der Waals surface area contributed by atoms with Crippen LogP contribution in [0.15, 0.2) is 42.5 Å². The Labute approximate surface area is 129 Å². The minimum Gasteiger partial charge on any atom is -0.497 e. The Hall–Kier alpha value is -1.22. The van der Waals surface area contributed by atoms with Crippen molar-refractivity contribution in [1.82, 2.24) is 0 Å². The van der Waals surface area contributed by atoms with Crippen LogP contribution in [0.2, 0.25) is 10.0 Å². The number of hydrogen-bond acceptors (Lipinski definition) is 2. The molecule has 0 amide bonds. The summed E-state index contributed by atoms with van der Waals surface area (Å²) in [5, 5.41) is 1.04. The van der Waals surface area contributed by atoms with Crippen molar-refractivity contribution in [3.8, 4) is 5.75 Å². The molecule has 0 aromatic heterocycles. The highest BCUT2D eigenvalue weighted by Gasteiger charge is 2.25. The summed E-state index contributed by atoms with van der Waals surface area (Å²) in [4.78, 5) is 0. The summed E-state index contributed by atoms with van der Waals surface area (Å²) in [6.45, 7) is 1.95. The van der Waals surface area contributed by atoms with Crippen molar-refractivity contribution in [3.05, 3.63) is 63.6 Å². The minimum absolute atomic E-state index is 0.521. The van der Waals surface area contributed by atoms with Gasteiger partial charge in [-0.3, -0.25) is 0 Å². The Morgan fingerprint density at radius 1 is 1.10 bits per heavy atom. The summed E-state index contributed by atoms with van der Waals surface area (Å²) < 4.78 is 5.15. The topological polar surface area (TPSA) is 35.2 Å². The molecule has 0 saturated carbocycles. The number of ether oxygens (including phenoxy) is 1. The fourth-order valence-corrected chi connectivity index (χ4v) is 2.72. The Morgan fingerprint density at radius 2 is 1.75 bits per heavy atom. The first-order chi connectivity index (χ1) is 9.44. The summed E-state index contributed by atoms with van der Waals surface area (Å²) in [5.41, 5.74) is 7.82. The van der Waals surface area contributed by atoms with Crippen LogP contribution in [0, 0.1) is 0 Å². The molecule has 1 unspecified atom stereocenters. The van der Waals surface area contributed by atoms with Gasteiger partial charge in [-0.25, -0.2) is 0 Å². The number of rotatable bonds is 4. The maximum absolute atomic E-state index is 6.44. The summed E-state index contributed by atoms with van der Waals surface area (Å²) in [6.07, 6.45) is 0.664. The number of halogens is 2. The molecule has 0 aliphatic carbocycles. The molecule has 0 bridgehead atoms. The predicted molar refractivity (Wildman–Crippen MR) is 84.7 cm³/mol. The Balaban J connectivity index is 2.27. The maximum Gasteiger partial charge on any atom is 0.118 e. The van der Waals surface area contributed by atoms with Crippen molar-refractivity contribution in [2.45, 2.75) is 18.9 Å². The quantitative estimate of drug-likeness (QED) is 0.907. The Bertz CT molecular complexity index is 594. The molecule has 106 valence electrons. The zero-order valence-electron chi connectivity index (χ0n) is 11.5. The van der Waals surface area contributed by atoms with E-state index in [1.807, 2.05) is 43.3 Å². The highest BCUT2D eigenvalue weighted by Crippen LogP contribution is 2.33. The zero-order chi connectivity index (χ0) is 14.8. The summed E-state index contributed by atoms with van der Waals surface area (Å²) >= 11 is 12.3. The maximum atomic E-state index is 6.44. The van der Waals surface area contributed by atoms with E-state index in [0.29, 0.717) is 16.5 Å². The first kappa shape index (κ1) is 15.2. The lowest BCUT2D eigenvalue weighted by Gasteiger charge is -2.27. The zero-order valence-corrected chi connectivity index (χ0v) is 13.0. The van der Waals surface area contributed by atoms with E-state index in [-0.39, 0.29) is 0 Å². The van der Waals surface area contributed by atoms with Crippen molar-refractivity contribution < 1.29 is 4.74 Å². The van der Waals surface area contributed by atoms with Crippen LogP contribution in [0.5, 0.6) is 5.75 Å². The molecule has 2 aromatic carbocycles. The fourth-order valence-electron chi connectivity index (χ4n) is 2.21. The molecule has 2 N–H and O–H groups in total. The van der Waals surface area contributed by atoms with Gasteiger partial charge < -0.3 is 10.5 Å². The molecule has 0 aliphatic heterocycles. The van der Waals surface area contributed by atoms with Crippen molar-refractivity contribution in [3.63, 3.8) is 0 Å². The van der Waals surface area contributed by atoms with Gasteiger partial charge in [0.1, 0.15) is 5.75 Å². The normalized spacial score (nSPS) is 13.8. The standard InChI is InChI=1S/C16H17Cl2NO/c1-16(19,13-4-3-5-14(17)15(13)18)10-11-6-8-12(20-2)9-7-11/h3-9H,10,19H2,1-2H3. The fraction of sp³-hybridized carbons (Fsp3) is 0.250. The molecule has 0 saturated heterocycles. The first-order valence-corrected chi connectivity index (χ1v) is 7.06. The van der Waals surface area contributed by atoms with Gasteiger partial charge >= 0.3 is 0 Å². The van der Waals surface area contributed by atoms with E-state index in [4.69, 9.17) is 33.7 Å². The molecule has 2 aromatic rings. The van der Waals surface area contributed by atoms with Gasteiger partial charge in [0.15, 0.2) is 0 Å². The molecule has 0 fully saturated rings. The van der Waals surface area contributed by atoms with Gasteiger partial charge in [-0.05, 0) is 42.7 Å². The summed E-state index contributed by atoms with van der Waals surface area (Å²) in [6, 6.07) is 13.4. The molecule has 0 radical (unpaired) electrons. The second kappa shape index (κ2) is 6.04. The highest BCUT2D eigenvalue weighted by atomic mass is 35.5. The largest absolute Gasteiger partial charge is 0.497 e. The summed E-state index contributed by atoms with van der Waals surface area (Å²) in [7, 11) is 1.65. The van der Waals surface area contributed by atoms with Crippen LogP contribution in [-0.2, 0) is 12.0 Å². The van der Waals surface area contributed by atoms with Gasteiger partial charge in [0.25, 0.3) is 0 Å². The summed E-state index contributed by atoms with van der Waals surface area (Å²) in [5.74, 6) is 0.827. The van der Waals surface area contributed by atoms with E-state index in [9.17, 15) is 0 Å². The van der Waals surface area contributed by atoms with E-state index < -0.39 is 5.54 Å². The molecule has 2 rings (SSSR count). The molecule has 2 nitrogen and oxygen atoms in total. The minimum atomic E-state index is -0.587. The third-order valence-electron chi connectivity index (χ3n) is 3.30. The van der Waals surface area contributed by atoms with Crippen LogP contribution in [0.3, 0.4) is 0 Å². The first-order valence-electron chi connectivity index (χ1n) is 6.30. The van der Waals surface area contributed by atoms with Gasteiger partial charge in [0.2, 0.25) is 0 Å². The average Bonchev–Trinajstić information content (AvgIpc) is 2.42. The van der Waals surface area contributed by atoms with Gasteiger partial charge in [-0.15, -0.1) is 0 Å². The van der Waals surface area contributed by atoms with Crippen molar-refractivity contribution in [2.75, 3.05) is 7.11 Å². The third-order valence-corrected chi connectivity index (χ3v) is 4.12. The smallest absolute Gasteiger partial charge is 0.118 e. The van der Waals surface area contributed by atoms with Crippen molar-refractivity contribution in [1.29, 1.82) is 0 Å². The van der Waals surface area contributed by atoms with Gasteiger partial charge in [-0.2, -0.15) is 0 Å². The molecule has 0 aliphatic rings. The lowest BCUT2D eigenvalue weighted by molar-refractivity contribution is 0.414. The monoisotopic (exact) mass is 309 g/mol. The number of methoxy groups -OCH3 is 1. The molecule has 20 heavy (non-hydrogen) atoms. The van der Waals surface area contributed by atoms with E-state index in [1.165, 1.54) is 0 Å². The van der Waals surface area contributed by atoms with E-state index in [2.05, 4.69) is 0 Å². The number of benzene rings is 2. The van der Waals surface area contributed by atoms with Gasteiger partial charge in [-0.1, -0.05) is 47.5 Å². The molecule has 4 heteroatoms. The predicted octanol–water partition coefficient (Wildman–Crippen LogP) is 4.42. The Kier molecular flexibility index (Phi) is 4.59. The number of nitrogens with two attached hydrogens (primary N) is 1. The van der Waals surface area contributed by atoms with Gasteiger partial charge in [0.05, 0.1) is 17.2 Å². The van der Waals surface area contributed by atoms with Crippen LogP contribution < -0.4 is 10.5 Å². The Morgan fingerprint density at radius 3 is 2.35 bits per heavy atom. The molecular weight excluding hydrogens is 293 g/mol. The second-order valence-electron chi connectivity index (χ2n) is 5.04. The molecule has 0 spiro atoms. The van der Waals surface area contributed by atoms with E-state index in [1.54, 1.807) is 13.2 Å². The molecule has 1 atom stereocenters. The van der Waals surface area contributed by atoms with Gasteiger partial charge in [0, 0.05) is 5.54 Å². The van der Waals surface area contributed by atoms with Crippen LogP contribution >= 0.6 is 23.2 Å². The van der Waals surface area contributed by atoms with E-state index in [0.717, 1.165) is 16.9 Å². The lowest BCUT2D eigenvalue weighted by atomic mass is 9.86. The number of hydrogen-bond donors (Lipinski definition) is 1. The lowest BCUT2D eigenvalue weighted by Crippen LogP contribution is -2.35. The van der Waals surface area contributed by atoms with Crippen LogP contribution in [0.25, 0.3) is 0 Å². The highest BCUT2D eigenvalue weighted by molar-refractivity contribution is 6.42. The third kappa shape index (κ3) is 3.26.